The van der Waals surface area contributed by atoms with Crippen LogP contribution in [0.15, 0.2) is 49.0 Å². The summed E-state index contributed by atoms with van der Waals surface area (Å²) in [7, 11) is 0. The van der Waals surface area contributed by atoms with Gasteiger partial charge in [-0.05, 0) is 23.3 Å². The molecule has 0 atom stereocenters. The van der Waals surface area contributed by atoms with Crippen LogP contribution in [0.25, 0.3) is 5.57 Å². The first-order valence-electron chi connectivity index (χ1n) is 5.69. The van der Waals surface area contributed by atoms with E-state index in [9.17, 15) is 0 Å². The molecule has 2 rings (SSSR count). The van der Waals surface area contributed by atoms with Crippen molar-refractivity contribution in [3.05, 3.63) is 69.7 Å². The fourth-order valence-corrected chi connectivity index (χ4v) is 2.63. The molecule has 0 fully saturated rings. The lowest BCUT2D eigenvalue weighted by Crippen LogP contribution is -2.04. The molecule has 2 aromatic carbocycles. The number of benzene rings is 2. The first kappa shape index (κ1) is 14.3. The highest BCUT2D eigenvalue weighted by molar-refractivity contribution is 6.41. The van der Waals surface area contributed by atoms with E-state index in [4.69, 9.17) is 34.8 Å². The van der Waals surface area contributed by atoms with Gasteiger partial charge in [0.2, 0.25) is 0 Å². The molecular weight excluding hydrogens is 301 g/mol. The minimum atomic E-state index is 0.498. The Balaban J connectivity index is 2.10. The van der Waals surface area contributed by atoms with E-state index in [-0.39, 0.29) is 0 Å². The molecule has 0 unspecified atom stereocenters. The monoisotopic (exact) mass is 311 g/mol. The summed E-state index contributed by atoms with van der Waals surface area (Å²) < 4.78 is 0. The average molecular weight is 313 g/mol. The Morgan fingerprint density at radius 3 is 2.16 bits per heavy atom. The van der Waals surface area contributed by atoms with Gasteiger partial charge in [0.05, 0.1) is 15.7 Å². The topological polar surface area (TPSA) is 12.0 Å². The lowest BCUT2D eigenvalue weighted by molar-refractivity contribution is 1.34. The third kappa shape index (κ3) is 3.66. The molecule has 0 saturated heterocycles. The van der Waals surface area contributed by atoms with E-state index in [1.165, 1.54) is 0 Å². The zero-order valence-corrected chi connectivity index (χ0v) is 12.4. The molecular formula is C15H12Cl3N. The molecule has 0 aliphatic carbocycles. The van der Waals surface area contributed by atoms with Crippen molar-refractivity contribution in [1.82, 2.24) is 0 Å². The Kier molecular flexibility index (Phi) is 4.76. The summed E-state index contributed by atoms with van der Waals surface area (Å²) >= 11 is 18.1. The molecule has 0 amide bonds. The number of halogens is 3. The molecule has 2 aromatic rings. The maximum Gasteiger partial charge on any atom is 0.0722 e. The van der Waals surface area contributed by atoms with Crippen LogP contribution in [0.4, 0.5) is 5.69 Å². The quantitative estimate of drug-likeness (QED) is 0.755. The molecule has 19 heavy (non-hydrogen) atoms. The number of hydrogen-bond donors (Lipinski definition) is 1. The summed E-state index contributed by atoms with van der Waals surface area (Å²) in [4.78, 5) is 0. The van der Waals surface area contributed by atoms with E-state index in [0.717, 1.165) is 11.1 Å². The van der Waals surface area contributed by atoms with Gasteiger partial charge >= 0.3 is 0 Å². The SMILES string of the molecule is C=C(CNc1c(Cl)cc(Cl)cc1Cl)c1ccccc1. The summed E-state index contributed by atoms with van der Waals surface area (Å²) in [6, 6.07) is 13.2. The second-order valence-electron chi connectivity index (χ2n) is 4.07. The van der Waals surface area contributed by atoms with Crippen molar-refractivity contribution in [2.45, 2.75) is 0 Å². The van der Waals surface area contributed by atoms with Crippen LogP contribution >= 0.6 is 34.8 Å². The lowest BCUT2D eigenvalue weighted by atomic mass is 10.1. The fraction of sp³-hybridized carbons (Fsp3) is 0.0667. The number of rotatable bonds is 4. The molecule has 1 nitrogen and oxygen atoms in total. The van der Waals surface area contributed by atoms with Crippen LogP contribution in [0.5, 0.6) is 0 Å². The lowest BCUT2D eigenvalue weighted by Gasteiger charge is -2.12. The molecule has 98 valence electrons. The summed E-state index contributed by atoms with van der Waals surface area (Å²) in [6.45, 7) is 4.60. The minimum Gasteiger partial charge on any atom is -0.379 e. The molecule has 4 heteroatoms. The van der Waals surface area contributed by atoms with Crippen LogP contribution < -0.4 is 5.32 Å². The van der Waals surface area contributed by atoms with Gasteiger partial charge in [0.25, 0.3) is 0 Å². The van der Waals surface area contributed by atoms with Crippen molar-refractivity contribution < 1.29 is 0 Å². The second kappa shape index (κ2) is 6.33. The van der Waals surface area contributed by atoms with E-state index < -0.39 is 0 Å². The largest absolute Gasteiger partial charge is 0.379 e. The van der Waals surface area contributed by atoms with E-state index in [1.54, 1.807) is 12.1 Å². The van der Waals surface area contributed by atoms with Gasteiger partial charge < -0.3 is 5.32 Å². The third-order valence-electron chi connectivity index (χ3n) is 2.67. The first-order valence-corrected chi connectivity index (χ1v) is 6.83. The van der Waals surface area contributed by atoms with Crippen molar-refractivity contribution in [2.75, 3.05) is 11.9 Å². The van der Waals surface area contributed by atoms with Crippen molar-refractivity contribution in [1.29, 1.82) is 0 Å². The molecule has 0 radical (unpaired) electrons. The number of hydrogen-bond acceptors (Lipinski definition) is 1. The van der Waals surface area contributed by atoms with Gasteiger partial charge in [-0.3, -0.25) is 0 Å². The molecule has 1 N–H and O–H groups in total. The molecule has 0 aliphatic heterocycles. The van der Waals surface area contributed by atoms with Crippen LogP contribution in [0, 0.1) is 0 Å². The maximum absolute atomic E-state index is 6.10. The van der Waals surface area contributed by atoms with Gasteiger partial charge in [0.1, 0.15) is 0 Å². The van der Waals surface area contributed by atoms with Crippen LogP contribution in [-0.4, -0.2) is 6.54 Å². The molecule has 0 heterocycles. The van der Waals surface area contributed by atoms with Crippen LogP contribution in [-0.2, 0) is 0 Å². The zero-order chi connectivity index (χ0) is 13.8. The average Bonchev–Trinajstić information content (AvgIpc) is 2.38. The second-order valence-corrected chi connectivity index (χ2v) is 5.32. The summed E-state index contributed by atoms with van der Waals surface area (Å²) in [5.41, 5.74) is 2.71. The highest BCUT2D eigenvalue weighted by atomic mass is 35.5. The standard InChI is InChI=1S/C15H12Cl3N/c1-10(11-5-3-2-4-6-11)9-19-15-13(17)7-12(16)8-14(15)18/h2-8,19H,1,9H2. The number of nitrogens with one attached hydrogen (secondary N) is 1. The van der Waals surface area contributed by atoms with Gasteiger partial charge in [-0.15, -0.1) is 0 Å². The zero-order valence-electron chi connectivity index (χ0n) is 10.1. The summed E-state index contributed by atoms with van der Waals surface area (Å²) in [5.74, 6) is 0. The maximum atomic E-state index is 6.10. The van der Waals surface area contributed by atoms with Crippen LogP contribution in [0.3, 0.4) is 0 Å². The van der Waals surface area contributed by atoms with E-state index >= 15 is 0 Å². The third-order valence-corrected chi connectivity index (χ3v) is 3.48. The van der Waals surface area contributed by atoms with Gasteiger partial charge in [-0.1, -0.05) is 71.7 Å². The van der Waals surface area contributed by atoms with E-state index in [2.05, 4.69) is 11.9 Å². The van der Waals surface area contributed by atoms with Crippen LogP contribution in [0.2, 0.25) is 15.1 Å². The Bertz CT molecular complexity index is 571. The highest BCUT2D eigenvalue weighted by Gasteiger charge is 2.08. The van der Waals surface area contributed by atoms with Gasteiger partial charge in [0, 0.05) is 11.6 Å². The number of anilines is 1. The van der Waals surface area contributed by atoms with Crippen molar-refractivity contribution in [3.8, 4) is 0 Å². The van der Waals surface area contributed by atoms with Crippen molar-refractivity contribution in [2.24, 2.45) is 0 Å². The summed E-state index contributed by atoms with van der Waals surface area (Å²) in [6.07, 6.45) is 0. The van der Waals surface area contributed by atoms with Gasteiger partial charge in [0.15, 0.2) is 0 Å². The van der Waals surface area contributed by atoms with E-state index in [1.807, 2.05) is 30.3 Å². The Labute approximate surface area is 127 Å². The minimum absolute atomic E-state index is 0.498. The Morgan fingerprint density at radius 1 is 1.00 bits per heavy atom. The molecule has 0 bridgehead atoms. The Morgan fingerprint density at radius 2 is 1.58 bits per heavy atom. The van der Waals surface area contributed by atoms with Gasteiger partial charge in [-0.2, -0.15) is 0 Å². The van der Waals surface area contributed by atoms with Gasteiger partial charge in [-0.25, -0.2) is 0 Å². The molecule has 0 spiro atoms. The van der Waals surface area contributed by atoms with Crippen molar-refractivity contribution >= 4 is 46.1 Å². The Hall–Kier alpha value is -1.15. The van der Waals surface area contributed by atoms with Crippen LogP contribution in [0.1, 0.15) is 5.56 Å². The fourth-order valence-electron chi connectivity index (χ4n) is 1.68. The molecule has 0 aromatic heterocycles. The predicted molar refractivity (Wildman–Crippen MR) is 85.4 cm³/mol. The molecule has 0 aliphatic rings. The van der Waals surface area contributed by atoms with Crippen molar-refractivity contribution in [3.63, 3.8) is 0 Å². The predicted octanol–water partition coefficient (Wildman–Crippen LogP) is 5.77. The smallest absolute Gasteiger partial charge is 0.0722 e. The normalized spacial score (nSPS) is 10.3. The summed E-state index contributed by atoms with van der Waals surface area (Å²) in [5, 5.41) is 4.70. The highest BCUT2D eigenvalue weighted by Crippen LogP contribution is 2.33. The van der Waals surface area contributed by atoms with E-state index in [0.29, 0.717) is 27.3 Å². The molecule has 0 saturated carbocycles. The first-order chi connectivity index (χ1) is 9.08.